The van der Waals surface area contributed by atoms with Crippen LogP contribution in [0.25, 0.3) is 0 Å². The number of nitrogens with two attached hydrogens (primary N) is 1. The van der Waals surface area contributed by atoms with Gasteiger partial charge in [-0.05, 0) is 57.6 Å². The maximum atomic E-state index is 13.7. The van der Waals surface area contributed by atoms with E-state index in [1.165, 1.54) is 6.07 Å². The zero-order valence-corrected chi connectivity index (χ0v) is 19.7. The van der Waals surface area contributed by atoms with Crippen LogP contribution in [0.4, 0.5) is 0 Å². The number of phenols is 1. The average Bonchev–Trinajstić information content (AvgIpc) is 2.77. The third kappa shape index (κ3) is 3.58. The number of carbonyl (C=O) groups is 4. The summed E-state index contributed by atoms with van der Waals surface area (Å²) < 4.78 is 0. The van der Waals surface area contributed by atoms with Crippen molar-refractivity contribution >= 4 is 23.3 Å². The van der Waals surface area contributed by atoms with E-state index in [1.54, 1.807) is 32.1 Å². The lowest BCUT2D eigenvalue weighted by molar-refractivity contribution is -0.190. The van der Waals surface area contributed by atoms with Gasteiger partial charge < -0.3 is 31.3 Å². The van der Waals surface area contributed by atoms with Crippen LogP contribution in [-0.4, -0.2) is 88.9 Å². The molecule has 3 aliphatic rings. The second-order valence-corrected chi connectivity index (χ2v) is 9.79. The van der Waals surface area contributed by atoms with Gasteiger partial charge in [-0.2, -0.15) is 0 Å². The van der Waals surface area contributed by atoms with Crippen molar-refractivity contribution in [2.75, 3.05) is 27.7 Å². The standard InChI is InChI=1S/C25H29N3O7/c1-27-8-4-5-11-6-7-15(29)17-13(11)9-12-10-14-19(28(2)3)21(31)18(24(26)34)23(33)25(14,35)22(32)16(12)20(17)30/h6-7,12,14,16,18-19,21,27,29,31,35H,8-10H2,1-3H3,(H2,26,34)/t12-,14-,16?,18?,19-,21?,25-/m1/s1. The first-order chi connectivity index (χ1) is 16.5. The third-order valence-electron chi connectivity index (χ3n) is 7.66. The number of phenolic OH excluding ortho intramolecular Hbond substituents is 1. The summed E-state index contributed by atoms with van der Waals surface area (Å²) in [5.41, 5.74) is 3.72. The Labute approximate surface area is 202 Å². The van der Waals surface area contributed by atoms with Crippen LogP contribution in [0.2, 0.25) is 0 Å². The van der Waals surface area contributed by atoms with E-state index in [2.05, 4.69) is 17.2 Å². The van der Waals surface area contributed by atoms with Gasteiger partial charge in [0, 0.05) is 17.5 Å². The molecule has 1 aromatic rings. The number of rotatable bonds is 3. The number of hydrogen-bond acceptors (Lipinski definition) is 9. The lowest BCUT2D eigenvalue weighted by Crippen LogP contribution is -2.75. The summed E-state index contributed by atoms with van der Waals surface area (Å²) in [7, 11) is 4.95. The van der Waals surface area contributed by atoms with Crippen molar-refractivity contribution < 1.29 is 34.5 Å². The Balaban J connectivity index is 1.85. The monoisotopic (exact) mass is 483 g/mol. The summed E-state index contributed by atoms with van der Waals surface area (Å²) >= 11 is 0. The Morgan fingerprint density at radius 3 is 2.54 bits per heavy atom. The molecule has 3 aliphatic carbocycles. The minimum Gasteiger partial charge on any atom is -0.507 e. The fraction of sp³-hybridized carbons (Fsp3) is 0.520. The molecule has 4 rings (SSSR count). The molecular formula is C25H29N3O7. The number of amides is 1. The number of primary amides is 1. The molecular weight excluding hydrogens is 454 g/mol. The molecule has 186 valence electrons. The summed E-state index contributed by atoms with van der Waals surface area (Å²) in [4.78, 5) is 54.2. The summed E-state index contributed by atoms with van der Waals surface area (Å²) in [5, 5.41) is 35.8. The van der Waals surface area contributed by atoms with Crippen molar-refractivity contribution in [3.8, 4) is 17.6 Å². The number of ketones is 3. The highest BCUT2D eigenvalue weighted by molar-refractivity contribution is 6.25. The van der Waals surface area contributed by atoms with Gasteiger partial charge in [-0.1, -0.05) is 11.8 Å². The lowest BCUT2D eigenvalue weighted by Gasteiger charge is -2.54. The maximum absolute atomic E-state index is 13.7. The SMILES string of the molecule is CNCC#Cc1ccc(O)c2c1C[C@@H]1C[C@@H]3[C@@H](N(C)C)C(O)C(C(N)=O)C(=O)[C@]3(O)C(=O)C1C2=O. The number of Topliss-reactive ketones (excluding diaryl/α,β-unsaturated/α-hetero) is 3. The van der Waals surface area contributed by atoms with E-state index in [0.29, 0.717) is 17.7 Å². The van der Waals surface area contributed by atoms with Crippen LogP contribution < -0.4 is 11.1 Å². The predicted octanol–water partition coefficient (Wildman–Crippen LogP) is -1.77. The van der Waals surface area contributed by atoms with Crippen molar-refractivity contribution in [2.24, 2.45) is 29.4 Å². The van der Waals surface area contributed by atoms with Crippen LogP contribution in [0.15, 0.2) is 12.1 Å². The van der Waals surface area contributed by atoms with Gasteiger partial charge in [-0.15, -0.1) is 0 Å². The number of benzene rings is 1. The highest BCUT2D eigenvalue weighted by Crippen LogP contribution is 2.51. The Morgan fingerprint density at radius 1 is 1.26 bits per heavy atom. The molecule has 0 bridgehead atoms. The third-order valence-corrected chi connectivity index (χ3v) is 7.66. The van der Waals surface area contributed by atoms with Crippen LogP contribution in [-0.2, 0) is 20.8 Å². The first kappa shape index (κ1) is 25.0. The van der Waals surface area contributed by atoms with E-state index < -0.39 is 64.7 Å². The second kappa shape index (κ2) is 8.84. The first-order valence-corrected chi connectivity index (χ1v) is 11.4. The highest BCUT2D eigenvalue weighted by Gasteiger charge is 2.69. The van der Waals surface area contributed by atoms with E-state index >= 15 is 0 Å². The smallest absolute Gasteiger partial charge is 0.230 e. The number of fused-ring (bicyclic) bond motifs is 3. The zero-order valence-electron chi connectivity index (χ0n) is 19.7. The molecule has 10 nitrogen and oxygen atoms in total. The van der Waals surface area contributed by atoms with Crippen LogP contribution in [0.3, 0.4) is 0 Å². The molecule has 7 atom stereocenters. The van der Waals surface area contributed by atoms with Gasteiger partial charge in [-0.25, -0.2) is 0 Å². The molecule has 0 radical (unpaired) electrons. The van der Waals surface area contributed by atoms with Crippen LogP contribution >= 0.6 is 0 Å². The first-order valence-electron chi connectivity index (χ1n) is 11.4. The second-order valence-electron chi connectivity index (χ2n) is 9.79. The number of likely N-dealkylation sites (N-methyl/N-ethyl adjacent to an activating group) is 1. The van der Waals surface area contributed by atoms with Gasteiger partial charge in [0.05, 0.1) is 24.1 Å². The van der Waals surface area contributed by atoms with Crippen molar-refractivity contribution in [3.63, 3.8) is 0 Å². The van der Waals surface area contributed by atoms with Gasteiger partial charge in [0.15, 0.2) is 23.0 Å². The Morgan fingerprint density at radius 2 is 1.94 bits per heavy atom. The van der Waals surface area contributed by atoms with Gasteiger partial charge in [-0.3, -0.25) is 19.2 Å². The number of nitrogens with zero attached hydrogens (tertiary/aromatic N) is 1. The van der Waals surface area contributed by atoms with Gasteiger partial charge in [0.1, 0.15) is 11.7 Å². The molecule has 1 aromatic carbocycles. The largest absolute Gasteiger partial charge is 0.507 e. The summed E-state index contributed by atoms with van der Waals surface area (Å²) in [6, 6.07) is 2.01. The van der Waals surface area contributed by atoms with E-state index in [0.717, 1.165) is 0 Å². The molecule has 0 aliphatic heterocycles. The van der Waals surface area contributed by atoms with E-state index in [-0.39, 0.29) is 24.2 Å². The number of aliphatic hydroxyl groups is 2. The van der Waals surface area contributed by atoms with Gasteiger partial charge in [0.25, 0.3) is 0 Å². The van der Waals surface area contributed by atoms with Crippen LogP contribution in [0, 0.1) is 35.5 Å². The molecule has 0 heterocycles. The summed E-state index contributed by atoms with van der Waals surface area (Å²) in [5.74, 6) is -3.27. The van der Waals surface area contributed by atoms with Crippen molar-refractivity contribution in [1.82, 2.24) is 10.2 Å². The number of hydrogen-bond donors (Lipinski definition) is 5. The van der Waals surface area contributed by atoms with Crippen LogP contribution in [0.1, 0.15) is 27.9 Å². The molecule has 6 N–H and O–H groups in total. The molecule has 35 heavy (non-hydrogen) atoms. The minimum atomic E-state index is -2.66. The Bertz CT molecular complexity index is 1180. The Hall–Kier alpha value is -3.10. The predicted molar refractivity (Wildman–Crippen MR) is 123 cm³/mol. The molecule has 0 saturated heterocycles. The van der Waals surface area contributed by atoms with E-state index in [4.69, 9.17) is 5.73 Å². The molecule has 1 amide bonds. The molecule has 3 unspecified atom stereocenters. The molecule has 10 heteroatoms. The van der Waals surface area contributed by atoms with Gasteiger partial charge >= 0.3 is 0 Å². The number of carbonyl (C=O) groups excluding carboxylic acids is 4. The molecule has 2 saturated carbocycles. The van der Waals surface area contributed by atoms with Crippen molar-refractivity contribution in [2.45, 2.75) is 30.6 Å². The fourth-order valence-electron chi connectivity index (χ4n) is 6.17. The Kier molecular flexibility index (Phi) is 6.32. The summed E-state index contributed by atoms with van der Waals surface area (Å²) in [6.45, 7) is 0.411. The van der Waals surface area contributed by atoms with E-state index in [9.17, 15) is 34.5 Å². The number of aromatic hydroxyl groups is 1. The molecule has 0 spiro atoms. The highest BCUT2D eigenvalue weighted by atomic mass is 16.3. The normalized spacial score (nSPS) is 33.9. The van der Waals surface area contributed by atoms with Gasteiger partial charge in [0.2, 0.25) is 5.91 Å². The number of nitrogens with one attached hydrogen (secondary N) is 1. The van der Waals surface area contributed by atoms with Crippen molar-refractivity contribution in [3.05, 3.63) is 28.8 Å². The quantitative estimate of drug-likeness (QED) is 0.247. The van der Waals surface area contributed by atoms with Crippen molar-refractivity contribution in [1.29, 1.82) is 0 Å². The summed E-state index contributed by atoms with van der Waals surface area (Å²) in [6.07, 6.45) is -1.25. The molecule has 0 aromatic heterocycles. The maximum Gasteiger partial charge on any atom is 0.230 e. The number of aliphatic hydroxyl groups excluding tert-OH is 1. The van der Waals surface area contributed by atoms with E-state index in [1.807, 2.05) is 0 Å². The fourth-order valence-corrected chi connectivity index (χ4v) is 6.17. The average molecular weight is 484 g/mol. The van der Waals surface area contributed by atoms with Crippen LogP contribution in [0.5, 0.6) is 5.75 Å². The topological polar surface area (TPSA) is 170 Å². The molecule has 2 fully saturated rings. The zero-order chi connectivity index (χ0) is 25.8. The lowest BCUT2D eigenvalue weighted by atomic mass is 9.52. The minimum absolute atomic E-state index is 0.0446.